The van der Waals surface area contributed by atoms with Crippen molar-refractivity contribution in [3.05, 3.63) is 89.0 Å². The van der Waals surface area contributed by atoms with E-state index in [0.29, 0.717) is 11.3 Å². The normalized spacial score (nSPS) is 12.0. The van der Waals surface area contributed by atoms with Gasteiger partial charge in [0.15, 0.2) is 0 Å². The Bertz CT molecular complexity index is 1250. The molecule has 3 aromatic carbocycles. The van der Waals surface area contributed by atoms with Crippen LogP contribution in [0.15, 0.2) is 66.7 Å². The number of carbonyl (C=O) groups excluding carboxylic acids is 1. The van der Waals surface area contributed by atoms with E-state index >= 15 is 0 Å². The van der Waals surface area contributed by atoms with Crippen molar-refractivity contribution < 1.29 is 29.3 Å². The number of benzene rings is 3. The number of ether oxygens (including phenoxy) is 2. The van der Waals surface area contributed by atoms with Gasteiger partial charge < -0.3 is 25.0 Å². The summed E-state index contributed by atoms with van der Waals surface area (Å²) in [5.41, 5.74) is 4.41. The molecule has 0 aliphatic heterocycles. The first-order valence-corrected chi connectivity index (χ1v) is 12.8. The van der Waals surface area contributed by atoms with Crippen LogP contribution in [-0.2, 0) is 29.2 Å². The van der Waals surface area contributed by atoms with Crippen molar-refractivity contribution in [2.45, 2.75) is 71.8 Å². The van der Waals surface area contributed by atoms with Gasteiger partial charge in [-0.05, 0) is 79.3 Å². The van der Waals surface area contributed by atoms with E-state index in [9.17, 15) is 19.8 Å². The monoisotopic (exact) mass is 519 g/mol. The molecule has 3 N–H and O–H groups in total. The molecule has 0 radical (unpaired) electrons. The zero-order chi connectivity index (χ0) is 27.7. The SMILES string of the molecule is CCCC(NC(=O)OC(C)(C)C)c1cccc(-c2cc(CO)cc(COc3ccccc3CC(=O)O)c2)c1. The molecule has 0 bridgehead atoms. The third kappa shape index (κ3) is 8.63. The number of alkyl carbamates (subject to hydrolysis) is 1. The summed E-state index contributed by atoms with van der Waals surface area (Å²) in [6, 6.07) is 20.6. The van der Waals surface area contributed by atoms with E-state index in [1.54, 1.807) is 24.3 Å². The van der Waals surface area contributed by atoms with Gasteiger partial charge in [-0.2, -0.15) is 0 Å². The van der Waals surface area contributed by atoms with Gasteiger partial charge in [0.25, 0.3) is 0 Å². The maximum Gasteiger partial charge on any atom is 0.408 e. The topological polar surface area (TPSA) is 105 Å². The second kappa shape index (κ2) is 13.1. The molecule has 0 saturated carbocycles. The van der Waals surface area contributed by atoms with Crippen LogP contribution < -0.4 is 10.1 Å². The molecule has 1 unspecified atom stereocenters. The highest BCUT2D eigenvalue weighted by molar-refractivity contribution is 5.71. The lowest BCUT2D eigenvalue weighted by Gasteiger charge is -2.24. The first kappa shape index (κ1) is 28.7. The molecule has 202 valence electrons. The van der Waals surface area contributed by atoms with Crippen molar-refractivity contribution in [1.29, 1.82) is 0 Å². The number of aliphatic carboxylic acids is 1. The minimum Gasteiger partial charge on any atom is -0.489 e. The molecule has 3 rings (SSSR count). The van der Waals surface area contributed by atoms with Crippen LogP contribution in [0, 0.1) is 0 Å². The van der Waals surface area contributed by atoms with Gasteiger partial charge in [0.2, 0.25) is 0 Å². The number of aliphatic hydroxyl groups is 1. The van der Waals surface area contributed by atoms with Crippen LogP contribution in [0.1, 0.15) is 68.8 Å². The lowest BCUT2D eigenvalue weighted by Crippen LogP contribution is -2.35. The number of carbonyl (C=O) groups is 2. The highest BCUT2D eigenvalue weighted by Crippen LogP contribution is 2.29. The minimum atomic E-state index is -0.923. The number of nitrogens with one attached hydrogen (secondary N) is 1. The summed E-state index contributed by atoms with van der Waals surface area (Å²) in [5, 5.41) is 22.1. The van der Waals surface area contributed by atoms with Gasteiger partial charge in [-0.1, -0.05) is 55.8 Å². The largest absolute Gasteiger partial charge is 0.489 e. The number of para-hydroxylation sites is 1. The minimum absolute atomic E-state index is 0.124. The molecule has 0 spiro atoms. The van der Waals surface area contributed by atoms with E-state index in [1.165, 1.54) is 0 Å². The van der Waals surface area contributed by atoms with Gasteiger partial charge >= 0.3 is 12.1 Å². The van der Waals surface area contributed by atoms with Gasteiger partial charge in [0, 0.05) is 5.56 Å². The average molecular weight is 520 g/mol. The molecule has 7 nitrogen and oxygen atoms in total. The molecule has 1 atom stereocenters. The quantitative estimate of drug-likeness (QED) is 0.270. The maximum atomic E-state index is 12.5. The lowest BCUT2D eigenvalue weighted by atomic mass is 9.95. The predicted molar refractivity (Wildman–Crippen MR) is 147 cm³/mol. The highest BCUT2D eigenvalue weighted by Gasteiger charge is 2.20. The lowest BCUT2D eigenvalue weighted by molar-refractivity contribution is -0.136. The van der Waals surface area contributed by atoms with Crippen LogP contribution in [0.25, 0.3) is 11.1 Å². The van der Waals surface area contributed by atoms with Crippen molar-refractivity contribution in [3.63, 3.8) is 0 Å². The zero-order valence-corrected chi connectivity index (χ0v) is 22.5. The van der Waals surface area contributed by atoms with Crippen LogP contribution in [0.3, 0.4) is 0 Å². The van der Waals surface area contributed by atoms with Gasteiger partial charge in [0.1, 0.15) is 18.0 Å². The van der Waals surface area contributed by atoms with Crippen molar-refractivity contribution in [2.24, 2.45) is 0 Å². The van der Waals surface area contributed by atoms with Gasteiger partial charge in [-0.25, -0.2) is 4.79 Å². The van der Waals surface area contributed by atoms with E-state index in [1.807, 2.05) is 63.2 Å². The molecular weight excluding hydrogens is 482 g/mol. The van der Waals surface area contributed by atoms with Crippen molar-refractivity contribution in [1.82, 2.24) is 5.32 Å². The molecule has 0 aliphatic carbocycles. The van der Waals surface area contributed by atoms with Gasteiger partial charge in [-0.15, -0.1) is 0 Å². The first-order valence-electron chi connectivity index (χ1n) is 12.8. The number of rotatable bonds is 11. The molecule has 0 aromatic heterocycles. The number of carboxylic acids is 1. The Labute approximate surface area is 224 Å². The van der Waals surface area contributed by atoms with Crippen molar-refractivity contribution >= 4 is 12.1 Å². The maximum absolute atomic E-state index is 12.5. The van der Waals surface area contributed by atoms with E-state index < -0.39 is 17.7 Å². The fourth-order valence-electron chi connectivity index (χ4n) is 4.21. The van der Waals surface area contributed by atoms with Crippen LogP contribution in [0.5, 0.6) is 5.75 Å². The summed E-state index contributed by atoms with van der Waals surface area (Å²) in [4.78, 5) is 23.7. The number of carboxylic acid groups (broad SMARTS) is 1. The summed E-state index contributed by atoms with van der Waals surface area (Å²) in [7, 11) is 0. The summed E-state index contributed by atoms with van der Waals surface area (Å²) < 4.78 is 11.5. The molecule has 0 aliphatic rings. The molecule has 3 aromatic rings. The van der Waals surface area contributed by atoms with E-state index in [4.69, 9.17) is 9.47 Å². The summed E-state index contributed by atoms with van der Waals surface area (Å²) >= 11 is 0. The smallest absolute Gasteiger partial charge is 0.408 e. The number of hydrogen-bond donors (Lipinski definition) is 3. The Hall–Kier alpha value is -3.84. The Kier molecular flexibility index (Phi) is 9.91. The Balaban J connectivity index is 1.85. The fourth-order valence-corrected chi connectivity index (χ4v) is 4.21. The molecule has 0 heterocycles. The predicted octanol–water partition coefficient (Wildman–Crippen LogP) is 6.42. The Morgan fingerprint density at radius 1 is 0.947 bits per heavy atom. The summed E-state index contributed by atoms with van der Waals surface area (Å²) in [5.74, 6) is -0.406. The van der Waals surface area contributed by atoms with Gasteiger partial charge in [-0.3, -0.25) is 4.79 Å². The summed E-state index contributed by atoms with van der Waals surface area (Å²) in [6.07, 6.45) is 1.07. The van der Waals surface area contributed by atoms with E-state index in [2.05, 4.69) is 12.2 Å². The molecule has 38 heavy (non-hydrogen) atoms. The number of amides is 1. The summed E-state index contributed by atoms with van der Waals surface area (Å²) in [6.45, 7) is 7.66. The van der Waals surface area contributed by atoms with Crippen molar-refractivity contribution in [2.75, 3.05) is 0 Å². The fraction of sp³-hybridized carbons (Fsp3) is 0.355. The van der Waals surface area contributed by atoms with Crippen LogP contribution in [0.4, 0.5) is 4.79 Å². The molecule has 0 fully saturated rings. The second-order valence-electron chi connectivity index (χ2n) is 10.3. The first-order chi connectivity index (χ1) is 18.1. The molecule has 1 amide bonds. The standard InChI is InChI=1S/C31H37NO6/c1-5-9-27(32-30(36)38-31(2,3)4)24-12-8-11-23(17-24)26-15-21(19-33)14-22(16-26)20-37-28-13-7-6-10-25(28)18-29(34)35/h6-8,10-17,27,33H,5,9,18-20H2,1-4H3,(H,32,36)(H,34,35). The second-order valence-corrected chi connectivity index (χ2v) is 10.3. The molecule has 0 saturated heterocycles. The Morgan fingerprint density at radius 2 is 1.68 bits per heavy atom. The van der Waals surface area contributed by atoms with Crippen LogP contribution in [-0.4, -0.2) is 27.9 Å². The van der Waals surface area contributed by atoms with Crippen LogP contribution >= 0.6 is 0 Å². The number of aliphatic hydroxyl groups excluding tert-OH is 1. The van der Waals surface area contributed by atoms with Gasteiger partial charge in [0.05, 0.1) is 19.1 Å². The third-order valence-electron chi connectivity index (χ3n) is 5.83. The Morgan fingerprint density at radius 3 is 2.37 bits per heavy atom. The zero-order valence-electron chi connectivity index (χ0n) is 22.5. The van der Waals surface area contributed by atoms with E-state index in [0.717, 1.165) is 40.7 Å². The van der Waals surface area contributed by atoms with Crippen molar-refractivity contribution in [3.8, 4) is 16.9 Å². The number of hydrogen-bond acceptors (Lipinski definition) is 5. The highest BCUT2D eigenvalue weighted by atomic mass is 16.6. The van der Waals surface area contributed by atoms with E-state index in [-0.39, 0.29) is 25.7 Å². The molecule has 7 heteroatoms. The third-order valence-corrected chi connectivity index (χ3v) is 5.83. The molecular formula is C31H37NO6. The average Bonchev–Trinajstić information content (AvgIpc) is 2.86. The van der Waals surface area contributed by atoms with Crippen LogP contribution in [0.2, 0.25) is 0 Å².